The second kappa shape index (κ2) is 10.5. The Morgan fingerprint density at radius 2 is 1.80 bits per heavy atom. The van der Waals surface area contributed by atoms with E-state index < -0.39 is 0 Å². The van der Waals surface area contributed by atoms with Crippen molar-refractivity contribution in [3.05, 3.63) is 84.7 Å². The molecular formula is C26H24N6O2S. The second-order valence-electron chi connectivity index (χ2n) is 7.78. The summed E-state index contributed by atoms with van der Waals surface area (Å²) in [7, 11) is 0. The van der Waals surface area contributed by atoms with Crippen LogP contribution in [0, 0.1) is 0 Å². The number of hydrogen-bond donors (Lipinski definition) is 0. The average molecular weight is 485 g/mol. The molecule has 0 N–H and O–H groups in total. The van der Waals surface area contributed by atoms with Crippen LogP contribution in [0.1, 0.15) is 18.9 Å². The highest BCUT2D eigenvalue weighted by Crippen LogP contribution is 2.29. The van der Waals surface area contributed by atoms with Crippen molar-refractivity contribution in [3.8, 4) is 22.8 Å². The average Bonchev–Trinajstić information content (AvgIpc) is 3.57. The maximum Gasteiger partial charge on any atom is 0.253 e. The van der Waals surface area contributed by atoms with E-state index in [2.05, 4.69) is 20.3 Å². The fourth-order valence-corrected chi connectivity index (χ4v) is 4.63. The molecule has 0 saturated heterocycles. The van der Waals surface area contributed by atoms with Crippen molar-refractivity contribution in [2.24, 2.45) is 5.10 Å². The summed E-state index contributed by atoms with van der Waals surface area (Å²) in [5.74, 6) is 1.58. The molecule has 4 aromatic rings. The van der Waals surface area contributed by atoms with Gasteiger partial charge in [0.15, 0.2) is 11.0 Å². The van der Waals surface area contributed by atoms with Crippen molar-refractivity contribution >= 4 is 23.4 Å². The quantitative estimate of drug-likeness (QED) is 0.343. The monoisotopic (exact) mass is 484 g/mol. The van der Waals surface area contributed by atoms with E-state index in [1.54, 1.807) is 17.4 Å². The third-order valence-electron chi connectivity index (χ3n) is 5.48. The van der Waals surface area contributed by atoms with Gasteiger partial charge in [-0.3, -0.25) is 14.3 Å². The van der Waals surface area contributed by atoms with Gasteiger partial charge < -0.3 is 4.74 Å². The maximum absolute atomic E-state index is 13.0. The molecule has 1 aliphatic heterocycles. The first-order valence-electron chi connectivity index (χ1n) is 11.4. The predicted octanol–water partition coefficient (Wildman–Crippen LogP) is 4.46. The molecule has 5 rings (SSSR count). The zero-order valence-electron chi connectivity index (χ0n) is 19.2. The van der Waals surface area contributed by atoms with Crippen molar-refractivity contribution in [1.82, 2.24) is 24.8 Å². The van der Waals surface area contributed by atoms with Crippen LogP contribution in [0.2, 0.25) is 0 Å². The summed E-state index contributed by atoms with van der Waals surface area (Å²) in [6.45, 7) is 3.13. The van der Waals surface area contributed by atoms with Gasteiger partial charge in [0.25, 0.3) is 5.91 Å². The largest absolute Gasteiger partial charge is 0.494 e. The molecule has 1 aliphatic rings. The Morgan fingerprint density at radius 1 is 1.00 bits per heavy atom. The minimum absolute atomic E-state index is 0.0647. The lowest BCUT2D eigenvalue weighted by atomic mass is 10.1. The number of benzene rings is 2. The molecule has 35 heavy (non-hydrogen) atoms. The van der Waals surface area contributed by atoms with Gasteiger partial charge in [-0.25, -0.2) is 5.01 Å². The van der Waals surface area contributed by atoms with Crippen molar-refractivity contribution in [2.45, 2.75) is 18.5 Å². The molecule has 9 heteroatoms. The summed E-state index contributed by atoms with van der Waals surface area (Å²) < 4.78 is 7.52. The molecule has 2 aromatic heterocycles. The van der Waals surface area contributed by atoms with E-state index in [9.17, 15) is 4.79 Å². The zero-order chi connectivity index (χ0) is 24.0. The third-order valence-corrected chi connectivity index (χ3v) is 6.39. The van der Waals surface area contributed by atoms with Gasteiger partial charge in [-0.2, -0.15) is 5.10 Å². The molecule has 0 unspecified atom stereocenters. The smallest absolute Gasteiger partial charge is 0.253 e. The molecule has 0 spiro atoms. The van der Waals surface area contributed by atoms with E-state index in [4.69, 9.17) is 4.74 Å². The molecule has 2 aromatic carbocycles. The van der Waals surface area contributed by atoms with Crippen LogP contribution in [0.4, 0.5) is 0 Å². The first-order valence-corrected chi connectivity index (χ1v) is 12.4. The number of rotatable bonds is 8. The number of ether oxygens (including phenoxy) is 1. The second-order valence-corrected chi connectivity index (χ2v) is 8.72. The predicted molar refractivity (Wildman–Crippen MR) is 136 cm³/mol. The van der Waals surface area contributed by atoms with Crippen molar-refractivity contribution in [2.75, 3.05) is 18.9 Å². The van der Waals surface area contributed by atoms with Crippen molar-refractivity contribution in [1.29, 1.82) is 0 Å². The molecule has 0 atom stereocenters. The van der Waals surface area contributed by atoms with Gasteiger partial charge in [-0.15, -0.1) is 10.2 Å². The summed E-state index contributed by atoms with van der Waals surface area (Å²) >= 11 is 1.34. The van der Waals surface area contributed by atoms with E-state index >= 15 is 0 Å². The number of carbonyl (C=O) groups excluding carboxylic acids is 1. The lowest BCUT2D eigenvalue weighted by Gasteiger charge is -2.13. The molecule has 176 valence electrons. The molecule has 8 nitrogen and oxygen atoms in total. The highest BCUT2D eigenvalue weighted by atomic mass is 32.2. The van der Waals surface area contributed by atoms with E-state index in [-0.39, 0.29) is 11.7 Å². The van der Waals surface area contributed by atoms with Gasteiger partial charge in [0.1, 0.15) is 5.75 Å². The van der Waals surface area contributed by atoms with Crippen LogP contribution in [0.15, 0.2) is 89.4 Å². The van der Waals surface area contributed by atoms with Gasteiger partial charge in [-0.1, -0.05) is 42.1 Å². The Morgan fingerprint density at radius 3 is 2.54 bits per heavy atom. The Bertz CT molecular complexity index is 1320. The van der Waals surface area contributed by atoms with Crippen molar-refractivity contribution < 1.29 is 9.53 Å². The summed E-state index contributed by atoms with van der Waals surface area (Å²) in [6.07, 6.45) is 4.21. The lowest BCUT2D eigenvalue weighted by Crippen LogP contribution is -2.25. The van der Waals surface area contributed by atoms with E-state index in [1.165, 1.54) is 11.8 Å². The van der Waals surface area contributed by atoms with Gasteiger partial charge in [0.05, 0.1) is 24.6 Å². The van der Waals surface area contributed by atoms with Gasteiger partial charge in [0, 0.05) is 30.1 Å². The number of hydrazone groups is 1. The Balaban J connectivity index is 1.37. The summed E-state index contributed by atoms with van der Waals surface area (Å²) in [4.78, 5) is 17.2. The highest BCUT2D eigenvalue weighted by molar-refractivity contribution is 7.99. The molecule has 1 amide bonds. The van der Waals surface area contributed by atoms with Gasteiger partial charge >= 0.3 is 0 Å². The minimum Gasteiger partial charge on any atom is -0.494 e. The Kier molecular flexibility index (Phi) is 6.85. The van der Waals surface area contributed by atoms with Gasteiger partial charge in [-0.05, 0) is 48.9 Å². The molecule has 0 fully saturated rings. The van der Waals surface area contributed by atoms with Crippen LogP contribution >= 0.6 is 11.8 Å². The van der Waals surface area contributed by atoms with Crippen LogP contribution in [0.3, 0.4) is 0 Å². The number of thioether (sulfide) groups is 1. The van der Waals surface area contributed by atoms with Crippen LogP contribution in [0.5, 0.6) is 5.75 Å². The normalized spacial score (nSPS) is 13.1. The fourth-order valence-electron chi connectivity index (χ4n) is 3.81. The molecule has 0 radical (unpaired) electrons. The van der Waals surface area contributed by atoms with Crippen LogP contribution in [0.25, 0.3) is 17.1 Å². The number of hydrogen-bond acceptors (Lipinski definition) is 7. The third kappa shape index (κ3) is 5.09. The van der Waals surface area contributed by atoms with E-state index in [0.717, 1.165) is 34.7 Å². The highest BCUT2D eigenvalue weighted by Gasteiger charge is 2.23. The molecule has 0 aliphatic carbocycles. The number of carbonyl (C=O) groups is 1. The fraction of sp³-hybridized carbons (Fsp3) is 0.192. The molecular weight excluding hydrogens is 460 g/mol. The van der Waals surface area contributed by atoms with Gasteiger partial charge in [0.2, 0.25) is 0 Å². The minimum atomic E-state index is -0.0647. The molecule has 3 heterocycles. The lowest BCUT2D eigenvalue weighted by molar-refractivity contribution is -0.127. The standard InChI is InChI=1S/C26H24N6O2S/c1-2-34-22-12-10-21(11-13-22)32-25(20-9-6-15-27-17-20)28-29-26(32)35-18-24(33)31-16-14-23(30-31)19-7-4-3-5-8-19/h3-13,15,17H,2,14,16,18H2,1H3. The van der Waals surface area contributed by atoms with Crippen LogP contribution in [-0.4, -0.2) is 55.3 Å². The van der Waals surface area contributed by atoms with E-state index in [1.807, 2.05) is 78.2 Å². The first-order chi connectivity index (χ1) is 17.2. The number of pyridine rings is 1. The SMILES string of the molecule is CCOc1ccc(-n2c(SCC(=O)N3CCC(c4ccccc4)=N3)nnc2-c2cccnc2)cc1. The topological polar surface area (TPSA) is 85.5 Å². The zero-order valence-corrected chi connectivity index (χ0v) is 20.1. The van der Waals surface area contributed by atoms with Crippen LogP contribution in [-0.2, 0) is 4.79 Å². The molecule has 0 saturated carbocycles. The maximum atomic E-state index is 13.0. The summed E-state index contributed by atoms with van der Waals surface area (Å²) in [5, 5.41) is 15.5. The Labute approximate surface area is 207 Å². The number of nitrogens with zero attached hydrogens (tertiary/aromatic N) is 6. The number of amides is 1. The molecule has 0 bridgehead atoms. The van der Waals surface area contributed by atoms with E-state index in [0.29, 0.717) is 24.1 Å². The Hall–Kier alpha value is -3.98. The van der Waals surface area contributed by atoms with Crippen molar-refractivity contribution in [3.63, 3.8) is 0 Å². The first kappa shape index (κ1) is 22.8. The summed E-state index contributed by atoms with van der Waals surface area (Å²) in [5.41, 5.74) is 3.69. The van der Waals surface area contributed by atoms with Crippen LogP contribution < -0.4 is 4.74 Å². The summed E-state index contributed by atoms with van der Waals surface area (Å²) in [6, 6.07) is 21.5. The number of aromatic nitrogens is 4.